The molecule has 0 heterocycles. The van der Waals surface area contributed by atoms with Crippen LogP contribution < -0.4 is 9.62 Å². The van der Waals surface area contributed by atoms with Gasteiger partial charge in [0.2, 0.25) is 21.8 Å². The van der Waals surface area contributed by atoms with Crippen LogP contribution in [0.5, 0.6) is 0 Å². The summed E-state index contributed by atoms with van der Waals surface area (Å²) in [5, 5.41) is 3.65. The van der Waals surface area contributed by atoms with Gasteiger partial charge in [-0.2, -0.15) is 0 Å². The van der Waals surface area contributed by atoms with Crippen molar-refractivity contribution in [2.75, 3.05) is 17.1 Å². The van der Waals surface area contributed by atoms with Crippen LogP contribution in [0.1, 0.15) is 76.8 Å². The highest BCUT2D eigenvalue weighted by Gasteiger charge is 2.51. The molecule has 0 aliphatic heterocycles. The highest BCUT2D eigenvalue weighted by molar-refractivity contribution is 7.92. The van der Waals surface area contributed by atoms with Crippen LogP contribution in [0.15, 0.2) is 42.5 Å². The summed E-state index contributed by atoms with van der Waals surface area (Å²) in [6.45, 7) is 5.14. The van der Waals surface area contributed by atoms with E-state index in [9.17, 15) is 18.0 Å². The Labute approximate surface area is 266 Å². The maximum absolute atomic E-state index is 13.9. The average Bonchev–Trinajstić information content (AvgIpc) is 2.94. The Hall–Kier alpha value is -2.29. The summed E-state index contributed by atoms with van der Waals surface area (Å²) < 4.78 is 27.3. The van der Waals surface area contributed by atoms with Crippen molar-refractivity contribution in [1.82, 2.24) is 10.2 Å². The van der Waals surface area contributed by atoms with Gasteiger partial charge in [0.1, 0.15) is 12.6 Å². The van der Waals surface area contributed by atoms with Crippen molar-refractivity contribution in [2.24, 2.45) is 17.8 Å². The van der Waals surface area contributed by atoms with Gasteiger partial charge in [0.15, 0.2) is 0 Å². The Morgan fingerprint density at radius 1 is 0.953 bits per heavy atom. The normalized spacial score (nSPS) is 25.7. The largest absolute Gasteiger partial charge is 0.352 e. The van der Waals surface area contributed by atoms with Gasteiger partial charge in [-0.15, -0.1) is 0 Å². The molecule has 2 amide bonds. The van der Waals surface area contributed by atoms with Crippen LogP contribution in [0.2, 0.25) is 10.0 Å². The number of amides is 2. The molecule has 6 rings (SSSR count). The van der Waals surface area contributed by atoms with E-state index < -0.39 is 28.5 Å². The molecule has 0 spiro atoms. The molecule has 4 saturated carbocycles. The molecule has 2 atom stereocenters. The van der Waals surface area contributed by atoms with Gasteiger partial charge in [0, 0.05) is 12.6 Å². The van der Waals surface area contributed by atoms with E-state index in [0.717, 1.165) is 34.7 Å². The van der Waals surface area contributed by atoms with E-state index in [0.29, 0.717) is 21.3 Å². The van der Waals surface area contributed by atoms with Crippen molar-refractivity contribution in [1.29, 1.82) is 0 Å². The standard InChI is InChI=1S/C33H43Cl2N3O4S/c1-5-21(2)36-32(40)22(3)37(19-23-6-11-29(34)30(35)15-23)31(39)20-38(43(4,41)42)28-9-7-27(8-10-28)33-16-24-12-25(17-33)14-26(13-24)18-33/h6-11,15,21-22,24-26H,5,12-14,16-20H2,1-4H3,(H,36,40)/t21-,22-,24?,25?,26?,33?/m1/s1. The summed E-state index contributed by atoms with van der Waals surface area (Å²) in [4.78, 5) is 28.4. The van der Waals surface area contributed by atoms with Gasteiger partial charge >= 0.3 is 0 Å². The molecule has 1 N–H and O–H groups in total. The van der Waals surface area contributed by atoms with Crippen LogP contribution in [-0.2, 0) is 31.6 Å². The second kappa shape index (κ2) is 12.6. The molecule has 4 aliphatic rings. The maximum atomic E-state index is 13.9. The van der Waals surface area contributed by atoms with Crippen LogP contribution in [0.25, 0.3) is 0 Å². The fourth-order valence-electron chi connectivity index (χ4n) is 7.94. The van der Waals surface area contributed by atoms with Crippen molar-refractivity contribution >= 4 is 50.7 Å². The summed E-state index contributed by atoms with van der Waals surface area (Å²) in [7, 11) is -3.81. The molecule has 7 nitrogen and oxygen atoms in total. The number of carbonyl (C=O) groups excluding carboxylic acids is 2. The third-order valence-electron chi connectivity index (χ3n) is 9.99. The Morgan fingerprint density at radius 3 is 2.05 bits per heavy atom. The summed E-state index contributed by atoms with van der Waals surface area (Å²) in [6, 6.07) is 11.9. The topological polar surface area (TPSA) is 86.8 Å². The fourth-order valence-corrected chi connectivity index (χ4v) is 9.11. The molecule has 234 valence electrons. The Balaban J connectivity index is 1.39. The maximum Gasteiger partial charge on any atom is 0.244 e. The quantitative estimate of drug-likeness (QED) is 0.299. The fraction of sp³-hybridized carbons (Fsp3) is 0.576. The van der Waals surface area contributed by atoms with Crippen molar-refractivity contribution in [3.05, 3.63) is 63.6 Å². The first-order chi connectivity index (χ1) is 20.3. The van der Waals surface area contributed by atoms with Crippen LogP contribution >= 0.6 is 23.2 Å². The molecule has 0 unspecified atom stereocenters. The minimum Gasteiger partial charge on any atom is -0.352 e. The number of carbonyl (C=O) groups is 2. The molecule has 4 fully saturated rings. The summed E-state index contributed by atoms with van der Waals surface area (Å²) in [5.74, 6) is 1.60. The number of hydrogen-bond acceptors (Lipinski definition) is 4. The third-order valence-corrected chi connectivity index (χ3v) is 11.9. The monoisotopic (exact) mass is 647 g/mol. The molecule has 0 saturated heterocycles. The van der Waals surface area contributed by atoms with Gasteiger partial charge in [0.25, 0.3) is 0 Å². The Bertz CT molecular complexity index is 1430. The van der Waals surface area contributed by atoms with Gasteiger partial charge in [-0.05, 0) is 117 Å². The van der Waals surface area contributed by atoms with E-state index in [2.05, 4.69) is 17.4 Å². The number of benzene rings is 2. The van der Waals surface area contributed by atoms with E-state index in [1.165, 1.54) is 49.0 Å². The molecular formula is C33H43Cl2N3O4S. The molecule has 43 heavy (non-hydrogen) atoms. The number of anilines is 1. The minimum atomic E-state index is -3.81. The lowest BCUT2D eigenvalue weighted by atomic mass is 9.48. The van der Waals surface area contributed by atoms with Crippen LogP contribution in [-0.4, -0.2) is 50.0 Å². The number of sulfonamides is 1. The SMILES string of the molecule is CC[C@@H](C)NC(=O)[C@@H](C)N(Cc1ccc(Cl)c(Cl)c1)C(=O)CN(c1ccc(C23CC4CC(CC(C4)C2)C3)cc1)S(C)(=O)=O. The number of rotatable bonds is 11. The van der Waals surface area contributed by atoms with Crippen molar-refractivity contribution in [3.8, 4) is 0 Å². The van der Waals surface area contributed by atoms with Gasteiger partial charge in [-0.1, -0.05) is 48.3 Å². The van der Waals surface area contributed by atoms with Crippen molar-refractivity contribution in [3.63, 3.8) is 0 Å². The van der Waals surface area contributed by atoms with Crippen molar-refractivity contribution < 1.29 is 18.0 Å². The molecule has 2 aromatic rings. The van der Waals surface area contributed by atoms with Gasteiger partial charge in [-0.3, -0.25) is 13.9 Å². The smallest absolute Gasteiger partial charge is 0.244 e. The van der Waals surface area contributed by atoms with E-state index >= 15 is 0 Å². The number of nitrogens with one attached hydrogen (secondary N) is 1. The first-order valence-corrected chi connectivity index (χ1v) is 18.0. The van der Waals surface area contributed by atoms with E-state index in [1.54, 1.807) is 25.1 Å². The van der Waals surface area contributed by atoms with E-state index in [4.69, 9.17) is 23.2 Å². The molecule has 10 heteroatoms. The van der Waals surface area contributed by atoms with E-state index in [-0.39, 0.29) is 23.9 Å². The van der Waals surface area contributed by atoms with Crippen LogP contribution in [0.4, 0.5) is 5.69 Å². The lowest BCUT2D eigenvalue weighted by Gasteiger charge is -2.57. The molecule has 4 aliphatic carbocycles. The Morgan fingerprint density at radius 2 is 1.53 bits per heavy atom. The zero-order chi connectivity index (χ0) is 31.1. The highest BCUT2D eigenvalue weighted by atomic mass is 35.5. The average molecular weight is 649 g/mol. The summed E-state index contributed by atoms with van der Waals surface area (Å²) >= 11 is 12.3. The van der Waals surface area contributed by atoms with Crippen LogP contribution in [0.3, 0.4) is 0 Å². The van der Waals surface area contributed by atoms with Gasteiger partial charge in [-0.25, -0.2) is 8.42 Å². The predicted molar refractivity (Wildman–Crippen MR) is 173 cm³/mol. The molecule has 4 bridgehead atoms. The lowest BCUT2D eigenvalue weighted by Crippen LogP contribution is -2.52. The van der Waals surface area contributed by atoms with Gasteiger partial charge < -0.3 is 10.2 Å². The minimum absolute atomic E-state index is 0.0629. The first kappa shape index (κ1) is 32.1. The predicted octanol–water partition coefficient (Wildman–Crippen LogP) is 6.56. The summed E-state index contributed by atoms with van der Waals surface area (Å²) in [6.07, 6.45) is 9.55. The zero-order valence-electron chi connectivity index (χ0n) is 25.5. The second-order valence-corrected chi connectivity index (χ2v) is 16.0. The first-order valence-electron chi connectivity index (χ1n) is 15.4. The number of halogens is 2. The number of nitrogens with zero attached hydrogens (tertiary/aromatic N) is 2. The third kappa shape index (κ3) is 7.02. The Kier molecular flexibility index (Phi) is 9.41. The van der Waals surface area contributed by atoms with Crippen molar-refractivity contribution in [2.45, 2.75) is 89.8 Å². The lowest BCUT2D eigenvalue weighted by molar-refractivity contribution is -0.139. The molecule has 2 aromatic carbocycles. The molecule has 0 radical (unpaired) electrons. The van der Waals surface area contributed by atoms with Gasteiger partial charge in [0.05, 0.1) is 22.0 Å². The number of hydrogen-bond donors (Lipinski definition) is 1. The zero-order valence-corrected chi connectivity index (χ0v) is 27.8. The van der Waals surface area contributed by atoms with Crippen LogP contribution in [0, 0.1) is 17.8 Å². The molecule has 0 aromatic heterocycles. The van der Waals surface area contributed by atoms with E-state index in [1.807, 2.05) is 26.0 Å². The molecular weight excluding hydrogens is 605 g/mol. The summed E-state index contributed by atoms with van der Waals surface area (Å²) in [5.41, 5.74) is 2.59. The highest BCUT2D eigenvalue weighted by Crippen LogP contribution is 2.60. The second-order valence-electron chi connectivity index (χ2n) is 13.3.